The van der Waals surface area contributed by atoms with Gasteiger partial charge in [0.1, 0.15) is 5.75 Å². The maximum Gasteiger partial charge on any atom is 0.240 e. The molecule has 0 saturated carbocycles. The van der Waals surface area contributed by atoms with Crippen LogP contribution in [0.15, 0.2) is 41.5 Å². The number of unbranched alkanes of at least 4 members (excludes halogenated alkanes) is 10. The summed E-state index contributed by atoms with van der Waals surface area (Å²) >= 11 is 0. The van der Waals surface area contributed by atoms with E-state index in [2.05, 4.69) is 17.5 Å². The number of hydrogen-bond donors (Lipinski definition) is 2. The molecule has 0 unspecified atom stereocenters. The van der Waals surface area contributed by atoms with Gasteiger partial charge in [0.05, 0.1) is 6.21 Å². The van der Waals surface area contributed by atoms with Gasteiger partial charge in [-0.25, -0.2) is 5.43 Å². The Morgan fingerprint density at radius 3 is 2.21 bits per heavy atom. The van der Waals surface area contributed by atoms with E-state index in [1.807, 2.05) is 30.3 Å². The van der Waals surface area contributed by atoms with Crippen LogP contribution in [0.3, 0.4) is 0 Å². The van der Waals surface area contributed by atoms with Crippen LogP contribution in [0.5, 0.6) is 5.75 Å². The van der Waals surface area contributed by atoms with Crippen LogP contribution in [0.2, 0.25) is 0 Å². The van der Waals surface area contributed by atoms with Crippen molar-refractivity contribution in [3.8, 4) is 5.75 Å². The average molecular weight is 397 g/mol. The number of carbonyl (C=O) groups is 1. The maximum atomic E-state index is 12.0. The normalized spacial score (nSPS) is 11.3. The number of rotatable bonds is 14. The standard InChI is InChI=1S/C25H36N2O2/c1-2-3-4-5-6-7-8-9-10-11-12-17-25(29)27-26-20-23-22-16-14-13-15-21(22)18-19-24(23)28/h13-16,18-20,28H,2-12,17H2,1H3,(H,27,29)/b26-20-. The second kappa shape index (κ2) is 13.8. The van der Waals surface area contributed by atoms with Gasteiger partial charge < -0.3 is 5.11 Å². The molecule has 0 fully saturated rings. The highest BCUT2D eigenvalue weighted by Crippen LogP contribution is 2.25. The van der Waals surface area contributed by atoms with Gasteiger partial charge in [-0.05, 0) is 23.3 Å². The molecule has 0 heterocycles. The van der Waals surface area contributed by atoms with E-state index in [9.17, 15) is 9.90 Å². The van der Waals surface area contributed by atoms with Crippen LogP contribution in [0, 0.1) is 0 Å². The zero-order chi connectivity index (χ0) is 20.7. The molecule has 0 saturated heterocycles. The van der Waals surface area contributed by atoms with Gasteiger partial charge in [-0.2, -0.15) is 5.10 Å². The number of phenols is 1. The fourth-order valence-electron chi connectivity index (χ4n) is 3.59. The number of benzene rings is 2. The van der Waals surface area contributed by atoms with E-state index in [0.29, 0.717) is 12.0 Å². The molecule has 2 aromatic rings. The van der Waals surface area contributed by atoms with Gasteiger partial charge in [-0.3, -0.25) is 4.79 Å². The molecule has 0 aliphatic carbocycles. The molecule has 0 aliphatic heterocycles. The highest BCUT2D eigenvalue weighted by molar-refractivity contribution is 6.02. The molecule has 1 amide bonds. The molecule has 4 nitrogen and oxygen atoms in total. The third-order valence-electron chi connectivity index (χ3n) is 5.34. The second-order valence-corrected chi connectivity index (χ2v) is 7.80. The highest BCUT2D eigenvalue weighted by Gasteiger charge is 2.05. The van der Waals surface area contributed by atoms with Crippen molar-refractivity contribution in [2.45, 2.75) is 84.0 Å². The number of nitrogens with one attached hydrogen (secondary N) is 1. The van der Waals surface area contributed by atoms with E-state index in [1.54, 1.807) is 6.07 Å². The fraction of sp³-hybridized carbons (Fsp3) is 0.520. The quantitative estimate of drug-likeness (QED) is 0.212. The molecule has 0 spiro atoms. The lowest BCUT2D eigenvalue weighted by atomic mass is 10.0. The molecule has 2 N–H and O–H groups in total. The second-order valence-electron chi connectivity index (χ2n) is 7.80. The first-order chi connectivity index (χ1) is 14.2. The largest absolute Gasteiger partial charge is 0.507 e. The molecular weight excluding hydrogens is 360 g/mol. The van der Waals surface area contributed by atoms with Crippen molar-refractivity contribution in [3.63, 3.8) is 0 Å². The number of hydrazone groups is 1. The van der Waals surface area contributed by atoms with Gasteiger partial charge in [-0.15, -0.1) is 0 Å². The van der Waals surface area contributed by atoms with Gasteiger partial charge in [0.2, 0.25) is 5.91 Å². The van der Waals surface area contributed by atoms with Crippen molar-refractivity contribution in [1.82, 2.24) is 5.43 Å². The van der Waals surface area contributed by atoms with Crippen molar-refractivity contribution < 1.29 is 9.90 Å². The van der Waals surface area contributed by atoms with Crippen molar-refractivity contribution in [3.05, 3.63) is 42.0 Å². The first kappa shape index (κ1) is 22.9. The Balaban J connectivity index is 1.58. The number of aromatic hydroxyl groups is 1. The van der Waals surface area contributed by atoms with Crippen molar-refractivity contribution in [1.29, 1.82) is 0 Å². The van der Waals surface area contributed by atoms with E-state index in [1.165, 1.54) is 64.0 Å². The number of amides is 1. The van der Waals surface area contributed by atoms with Gasteiger partial charge in [0, 0.05) is 12.0 Å². The third-order valence-corrected chi connectivity index (χ3v) is 5.34. The van der Waals surface area contributed by atoms with Crippen LogP contribution in [0.1, 0.15) is 89.5 Å². The van der Waals surface area contributed by atoms with Crippen LogP contribution in [0.25, 0.3) is 10.8 Å². The Morgan fingerprint density at radius 2 is 1.52 bits per heavy atom. The van der Waals surface area contributed by atoms with E-state index in [4.69, 9.17) is 0 Å². The Kier molecular flexibility index (Phi) is 10.9. The minimum Gasteiger partial charge on any atom is -0.507 e. The van der Waals surface area contributed by atoms with Crippen LogP contribution in [-0.2, 0) is 4.79 Å². The van der Waals surface area contributed by atoms with Crippen LogP contribution >= 0.6 is 0 Å². The molecular formula is C25H36N2O2. The number of phenolic OH excluding ortho intramolecular Hbond substituents is 1. The average Bonchev–Trinajstić information content (AvgIpc) is 2.73. The molecule has 4 heteroatoms. The molecule has 0 bridgehead atoms. The minimum atomic E-state index is -0.0723. The van der Waals surface area contributed by atoms with Gasteiger partial charge in [0.15, 0.2) is 0 Å². The summed E-state index contributed by atoms with van der Waals surface area (Å²) in [6, 6.07) is 11.3. The molecule has 0 radical (unpaired) electrons. The predicted octanol–water partition coefficient (Wildman–Crippen LogP) is 6.70. The number of fused-ring (bicyclic) bond motifs is 1. The number of hydrogen-bond acceptors (Lipinski definition) is 3. The molecule has 158 valence electrons. The smallest absolute Gasteiger partial charge is 0.240 e. The Morgan fingerprint density at radius 1 is 0.897 bits per heavy atom. The number of nitrogens with zero attached hydrogens (tertiary/aromatic N) is 1. The summed E-state index contributed by atoms with van der Waals surface area (Å²) in [7, 11) is 0. The van der Waals surface area contributed by atoms with Crippen molar-refractivity contribution in [2.75, 3.05) is 0 Å². The van der Waals surface area contributed by atoms with Crippen molar-refractivity contribution >= 4 is 22.9 Å². The topological polar surface area (TPSA) is 61.7 Å². The monoisotopic (exact) mass is 396 g/mol. The Hall–Kier alpha value is -2.36. The summed E-state index contributed by atoms with van der Waals surface area (Å²) in [6.07, 6.45) is 16.0. The zero-order valence-corrected chi connectivity index (χ0v) is 17.8. The number of carbonyl (C=O) groups excluding carboxylic acids is 1. The first-order valence-corrected chi connectivity index (χ1v) is 11.2. The highest BCUT2D eigenvalue weighted by atomic mass is 16.3. The summed E-state index contributed by atoms with van der Waals surface area (Å²) in [4.78, 5) is 12.0. The van der Waals surface area contributed by atoms with Gasteiger partial charge >= 0.3 is 0 Å². The molecule has 0 aliphatic rings. The third kappa shape index (κ3) is 8.68. The summed E-state index contributed by atoms with van der Waals surface area (Å²) in [5.74, 6) is 0.0870. The Bertz CT molecular complexity index is 771. The maximum absolute atomic E-state index is 12.0. The van der Waals surface area contributed by atoms with Crippen LogP contribution < -0.4 is 5.43 Å². The summed E-state index contributed by atoms with van der Waals surface area (Å²) in [5.41, 5.74) is 3.20. The zero-order valence-electron chi connectivity index (χ0n) is 17.8. The van der Waals surface area contributed by atoms with E-state index < -0.39 is 0 Å². The van der Waals surface area contributed by atoms with Crippen molar-refractivity contribution in [2.24, 2.45) is 5.10 Å². The lowest BCUT2D eigenvalue weighted by molar-refractivity contribution is -0.121. The van der Waals surface area contributed by atoms with Gasteiger partial charge in [0.25, 0.3) is 0 Å². The molecule has 2 aromatic carbocycles. The minimum absolute atomic E-state index is 0.0723. The molecule has 2 rings (SSSR count). The van der Waals surface area contributed by atoms with Crippen LogP contribution in [0.4, 0.5) is 0 Å². The SMILES string of the molecule is CCCCCCCCCCCCCC(=O)N/N=C\c1c(O)ccc2ccccc12. The van der Waals surface area contributed by atoms with Gasteiger partial charge in [-0.1, -0.05) is 101 Å². The summed E-state index contributed by atoms with van der Waals surface area (Å²) < 4.78 is 0. The lowest BCUT2D eigenvalue weighted by Gasteiger charge is -2.05. The lowest BCUT2D eigenvalue weighted by Crippen LogP contribution is -2.16. The van der Waals surface area contributed by atoms with Crippen LogP contribution in [-0.4, -0.2) is 17.2 Å². The summed E-state index contributed by atoms with van der Waals surface area (Å²) in [5, 5.41) is 16.1. The van der Waals surface area contributed by atoms with E-state index >= 15 is 0 Å². The fourth-order valence-corrected chi connectivity index (χ4v) is 3.59. The predicted molar refractivity (Wildman–Crippen MR) is 122 cm³/mol. The molecule has 0 aromatic heterocycles. The first-order valence-electron chi connectivity index (χ1n) is 11.2. The summed E-state index contributed by atoms with van der Waals surface area (Å²) in [6.45, 7) is 2.25. The Labute approximate surface area is 175 Å². The molecule has 29 heavy (non-hydrogen) atoms. The van der Waals surface area contributed by atoms with E-state index in [0.717, 1.165) is 23.6 Å². The van der Waals surface area contributed by atoms with E-state index in [-0.39, 0.29) is 11.7 Å². The molecule has 0 atom stereocenters.